The van der Waals surface area contributed by atoms with Crippen LogP contribution in [0, 0.1) is 0 Å². The van der Waals surface area contributed by atoms with E-state index in [0.29, 0.717) is 18.0 Å². The molecule has 0 fully saturated rings. The Labute approximate surface area is 148 Å². The molecule has 1 amide bonds. The number of ether oxygens (including phenoxy) is 3. The monoisotopic (exact) mass is 341 g/mol. The van der Waals surface area contributed by atoms with Gasteiger partial charge in [-0.25, -0.2) is 0 Å². The molecule has 0 unspecified atom stereocenters. The van der Waals surface area contributed by atoms with Crippen molar-refractivity contribution in [3.63, 3.8) is 0 Å². The molecular weight excluding hydrogens is 318 g/mol. The molecule has 5 heteroatoms. The lowest BCUT2D eigenvalue weighted by molar-refractivity contribution is -0.116. The Morgan fingerprint density at radius 2 is 1.64 bits per heavy atom. The molecule has 5 nitrogen and oxygen atoms in total. The molecule has 0 saturated heterocycles. The van der Waals surface area contributed by atoms with E-state index in [2.05, 4.69) is 5.32 Å². The van der Waals surface area contributed by atoms with Crippen molar-refractivity contribution < 1.29 is 19.0 Å². The summed E-state index contributed by atoms with van der Waals surface area (Å²) in [6, 6.07) is 13.2. The van der Waals surface area contributed by atoms with Gasteiger partial charge in [-0.2, -0.15) is 0 Å². The standard InChI is InChI=1S/C20H23NO4/c1-23-17-8-4-15(5-9-17)12-13-21-20(22)11-7-16-6-10-18(24-2)14-19(16)25-3/h4-11,14H,12-13H2,1-3H3,(H,21,22)/b11-7+. The lowest BCUT2D eigenvalue weighted by Gasteiger charge is -2.07. The zero-order valence-electron chi connectivity index (χ0n) is 14.7. The van der Waals surface area contributed by atoms with Gasteiger partial charge in [-0.15, -0.1) is 0 Å². The molecular formula is C20H23NO4. The van der Waals surface area contributed by atoms with Gasteiger partial charge in [0.15, 0.2) is 0 Å². The van der Waals surface area contributed by atoms with Crippen molar-refractivity contribution in [3.05, 3.63) is 59.7 Å². The summed E-state index contributed by atoms with van der Waals surface area (Å²) in [6.45, 7) is 0.565. The highest BCUT2D eigenvalue weighted by Crippen LogP contribution is 2.25. The molecule has 1 N–H and O–H groups in total. The van der Waals surface area contributed by atoms with E-state index in [0.717, 1.165) is 23.3 Å². The first-order valence-electron chi connectivity index (χ1n) is 7.97. The Balaban J connectivity index is 1.86. The Morgan fingerprint density at radius 1 is 0.960 bits per heavy atom. The molecule has 0 aromatic heterocycles. The molecule has 2 aromatic carbocycles. The number of nitrogens with one attached hydrogen (secondary N) is 1. The minimum Gasteiger partial charge on any atom is -0.497 e. The summed E-state index contributed by atoms with van der Waals surface area (Å²) in [5.74, 6) is 2.04. The van der Waals surface area contributed by atoms with Crippen LogP contribution in [0.1, 0.15) is 11.1 Å². The summed E-state index contributed by atoms with van der Waals surface area (Å²) in [4.78, 5) is 11.9. The topological polar surface area (TPSA) is 56.8 Å². The van der Waals surface area contributed by atoms with Gasteiger partial charge in [0.1, 0.15) is 17.2 Å². The Morgan fingerprint density at radius 3 is 2.28 bits per heavy atom. The van der Waals surface area contributed by atoms with E-state index in [-0.39, 0.29) is 5.91 Å². The zero-order chi connectivity index (χ0) is 18.1. The van der Waals surface area contributed by atoms with Crippen molar-refractivity contribution in [1.29, 1.82) is 0 Å². The zero-order valence-corrected chi connectivity index (χ0v) is 14.7. The second kappa shape index (κ2) is 9.37. The third-order valence-electron chi connectivity index (χ3n) is 3.73. The van der Waals surface area contributed by atoms with Crippen LogP contribution in [0.2, 0.25) is 0 Å². The molecule has 0 atom stereocenters. The van der Waals surface area contributed by atoms with Gasteiger partial charge >= 0.3 is 0 Å². The van der Waals surface area contributed by atoms with Crippen molar-refractivity contribution in [1.82, 2.24) is 5.32 Å². The van der Waals surface area contributed by atoms with Crippen LogP contribution in [0.3, 0.4) is 0 Å². The van der Waals surface area contributed by atoms with E-state index >= 15 is 0 Å². The van der Waals surface area contributed by atoms with Crippen molar-refractivity contribution in [2.45, 2.75) is 6.42 Å². The molecule has 0 aliphatic heterocycles. The lowest BCUT2D eigenvalue weighted by Crippen LogP contribution is -2.23. The highest BCUT2D eigenvalue weighted by molar-refractivity contribution is 5.92. The molecule has 0 aliphatic carbocycles. The van der Waals surface area contributed by atoms with E-state index in [4.69, 9.17) is 14.2 Å². The first kappa shape index (κ1) is 18.4. The van der Waals surface area contributed by atoms with Crippen LogP contribution in [-0.4, -0.2) is 33.8 Å². The predicted molar refractivity (Wildman–Crippen MR) is 98.3 cm³/mol. The maximum absolute atomic E-state index is 11.9. The summed E-state index contributed by atoms with van der Waals surface area (Å²) in [7, 11) is 4.82. The smallest absolute Gasteiger partial charge is 0.244 e. The number of benzene rings is 2. The number of carbonyl (C=O) groups is 1. The van der Waals surface area contributed by atoms with Crippen molar-refractivity contribution in [3.8, 4) is 17.2 Å². The number of methoxy groups -OCH3 is 3. The van der Waals surface area contributed by atoms with Crippen LogP contribution in [0.4, 0.5) is 0 Å². The minimum absolute atomic E-state index is 0.147. The normalized spacial score (nSPS) is 10.5. The van der Waals surface area contributed by atoms with Crippen LogP contribution >= 0.6 is 0 Å². The Kier molecular flexibility index (Phi) is 6.89. The largest absolute Gasteiger partial charge is 0.497 e. The Hall–Kier alpha value is -2.95. The number of rotatable bonds is 8. The van der Waals surface area contributed by atoms with E-state index in [1.54, 1.807) is 33.5 Å². The fraction of sp³-hybridized carbons (Fsp3) is 0.250. The van der Waals surface area contributed by atoms with E-state index in [9.17, 15) is 4.79 Å². The first-order valence-corrected chi connectivity index (χ1v) is 7.97. The van der Waals surface area contributed by atoms with Crippen molar-refractivity contribution in [2.24, 2.45) is 0 Å². The number of amides is 1. The minimum atomic E-state index is -0.147. The molecule has 0 saturated carbocycles. The van der Waals surface area contributed by atoms with Crippen LogP contribution < -0.4 is 19.5 Å². The average Bonchev–Trinajstić information content (AvgIpc) is 2.66. The van der Waals surface area contributed by atoms with Gasteiger partial charge in [0.05, 0.1) is 21.3 Å². The molecule has 0 aliphatic rings. The summed E-state index contributed by atoms with van der Waals surface area (Å²) in [6.07, 6.45) is 3.98. The molecule has 25 heavy (non-hydrogen) atoms. The van der Waals surface area contributed by atoms with Crippen LogP contribution in [0.15, 0.2) is 48.5 Å². The van der Waals surface area contributed by atoms with E-state index in [1.807, 2.05) is 36.4 Å². The maximum atomic E-state index is 11.9. The number of hydrogen-bond acceptors (Lipinski definition) is 4. The molecule has 0 spiro atoms. The van der Waals surface area contributed by atoms with Gasteiger partial charge in [-0.3, -0.25) is 4.79 Å². The van der Waals surface area contributed by atoms with E-state index in [1.165, 1.54) is 6.08 Å². The van der Waals surface area contributed by atoms with Gasteiger partial charge < -0.3 is 19.5 Å². The Bertz CT molecular complexity index is 723. The quantitative estimate of drug-likeness (QED) is 0.750. The van der Waals surface area contributed by atoms with E-state index < -0.39 is 0 Å². The highest BCUT2D eigenvalue weighted by atomic mass is 16.5. The van der Waals surface area contributed by atoms with Crippen LogP contribution in [-0.2, 0) is 11.2 Å². The van der Waals surface area contributed by atoms with Crippen molar-refractivity contribution >= 4 is 12.0 Å². The molecule has 0 heterocycles. The maximum Gasteiger partial charge on any atom is 0.244 e. The van der Waals surface area contributed by atoms with Gasteiger partial charge in [0.25, 0.3) is 0 Å². The van der Waals surface area contributed by atoms with Gasteiger partial charge in [0.2, 0.25) is 5.91 Å². The van der Waals surface area contributed by atoms with Gasteiger partial charge in [-0.1, -0.05) is 12.1 Å². The molecule has 132 valence electrons. The van der Waals surface area contributed by atoms with Crippen molar-refractivity contribution in [2.75, 3.05) is 27.9 Å². The van der Waals surface area contributed by atoms with Gasteiger partial charge in [0, 0.05) is 24.3 Å². The molecule has 0 radical (unpaired) electrons. The summed E-state index contributed by atoms with van der Waals surface area (Å²) in [5, 5.41) is 2.87. The third kappa shape index (κ3) is 5.57. The van der Waals surface area contributed by atoms with Crippen LogP contribution in [0.25, 0.3) is 6.08 Å². The predicted octanol–water partition coefficient (Wildman–Crippen LogP) is 3.08. The van der Waals surface area contributed by atoms with Gasteiger partial charge in [-0.05, 0) is 42.3 Å². The molecule has 2 rings (SSSR count). The lowest BCUT2D eigenvalue weighted by atomic mass is 10.1. The number of carbonyl (C=O) groups excluding carboxylic acids is 1. The van der Waals surface area contributed by atoms with Crippen LogP contribution in [0.5, 0.6) is 17.2 Å². The summed E-state index contributed by atoms with van der Waals surface area (Å²) in [5.41, 5.74) is 1.95. The molecule has 0 bridgehead atoms. The second-order valence-electron chi connectivity index (χ2n) is 5.33. The fourth-order valence-electron chi connectivity index (χ4n) is 2.30. The summed E-state index contributed by atoms with van der Waals surface area (Å²) >= 11 is 0. The first-order chi connectivity index (χ1) is 12.2. The molecule has 2 aromatic rings. The average molecular weight is 341 g/mol. The second-order valence-corrected chi connectivity index (χ2v) is 5.33. The fourth-order valence-corrected chi connectivity index (χ4v) is 2.30. The summed E-state index contributed by atoms with van der Waals surface area (Å²) < 4.78 is 15.6. The SMILES string of the molecule is COc1ccc(CCNC(=O)/C=C/c2ccc(OC)cc2OC)cc1. The highest BCUT2D eigenvalue weighted by Gasteiger charge is 2.03. The number of hydrogen-bond donors (Lipinski definition) is 1. The third-order valence-corrected chi connectivity index (χ3v) is 3.73.